The summed E-state index contributed by atoms with van der Waals surface area (Å²) in [6, 6.07) is 15.6. The Morgan fingerprint density at radius 2 is 1.85 bits per heavy atom. The van der Waals surface area contributed by atoms with Crippen molar-refractivity contribution in [3.8, 4) is 17.2 Å². The van der Waals surface area contributed by atoms with Gasteiger partial charge in [-0.1, -0.05) is 36.4 Å². The summed E-state index contributed by atoms with van der Waals surface area (Å²) in [6.45, 7) is -0.354. The minimum Gasteiger partial charge on any atom is -0.367 e. The van der Waals surface area contributed by atoms with Crippen LogP contribution in [0.15, 0.2) is 67.3 Å². The second-order valence-electron chi connectivity index (χ2n) is 11.4. The average Bonchev–Trinajstić information content (AvgIpc) is 3.49. The lowest BCUT2D eigenvalue weighted by atomic mass is 9.73. The molecule has 1 aliphatic carbocycles. The molecule has 240 valence electrons. The molecular weight excluding hydrogens is 597 g/mol. The molecule has 2 N–H and O–H groups in total. The Hall–Kier alpha value is -4.83. The number of nitrogens with one attached hydrogen (secondary N) is 2. The number of carbonyl (C=O) groups excluding carboxylic acids is 1. The van der Waals surface area contributed by atoms with Crippen molar-refractivity contribution in [2.45, 2.75) is 50.9 Å². The number of nitriles is 1. The van der Waals surface area contributed by atoms with Crippen molar-refractivity contribution in [1.82, 2.24) is 30.0 Å². The summed E-state index contributed by atoms with van der Waals surface area (Å²) in [4.78, 5) is 27.2. The number of anilines is 1. The van der Waals surface area contributed by atoms with Crippen molar-refractivity contribution in [2.75, 3.05) is 18.5 Å². The Morgan fingerprint density at radius 1 is 1.07 bits per heavy atom. The van der Waals surface area contributed by atoms with E-state index in [1.54, 1.807) is 17.1 Å². The molecule has 1 aromatic carbocycles. The highest BCUT2D eigenvalue weighted by Gasteiger charge is 2.34. The fourth-order valence-corrected chi connectivity index (χ4v) is 5.87. The standard InChI is InChI=1S/C33H35F3N8O2/c1-44-21-27(20-42-44)25-11-12-28(39-18-25)30(32(45)41-17-23-5-3-2-4-6-23)24-9-7-22(8-10-24)15-29-40-19-26(16-37)31(43-29)38-13-14-46-33(34,35)36/h2-6,11-12,18-22,24,30H,7-10,13-15,17H2,1H3,(H,41,45)(H,38,40,43). The van der Waals surface area contributed by atoms with E-state index < -0.39 is 18.9 Å². The number of halogens is 3. The van der Waals surface area contributed by atoms with Crippen LogP contribution in [0.1, 0.15) is 54.2 Å². The molecule has 5 rings (SSSR count). The zero-order valence-electron chi connectivity index (χ0n) is 25.4. The molecule has 4 aromatic rings. The summed E-state index contributed by atoms with van der Waals surface area (Å²) in [7, 11) is 1.86. The second kappa shape index (κ2) is 15.0. The topological polar surface area (TPSA) is 131 Å². The van der Waals surface area contributed by atoms with Crippen LogP contribution >= 0.6 is 0 Å². The number of carbonyl (C=O) groups is 1. The number of ether oxygens (including phenoxy) is 1. The van der Waals surface area contributed by atoms with Gasteiger partial charge < -0.3 is 10.6 Å². The fourth-order valence-electron chi connectivity index (χ4n) is 5.87. The molecule has 1 amide bonds. The van der Waals surface area contributed by atoms with E-state index >= 15 is 0 Å². The maximum atomic E-state index is 13.7. The second-order valence-corrected chi connectivity index (χ2v) is 11.4. The molecular formula is C33H35F3N8O2. The molecule has 0 radical (unpaired) electrons. The largest absolute Gasteiger partial charge is 0.522 e. The Labute approximate surface area is 265 Å². The summed E-state index contributed by atoms with van der Waals surface area (Å²) in [5, 5.41) is 19.5. The quantitative estimate of drug-likeness (QED) is 0.195. The first kappa shape index (κ1) is 32.6. The number of pyridine rings is 1. The first-order valence-electron chi connectivity index (χ1n) is 15.2. The third-order valence-corrected chi connectivity index (χ3v) is 8.19. The van der Waals surface area contributed by atoms with Crippen molar-refractivity contribution < 1.29 is 22.7 Å². The van der Waals surface area contributed by atoms with Crippen LogP contribution in [0.4, 0.5) is 19.0 Å². The van der Waals surface area contributed by atoms with E-state index in [4.69, 9.17) is 4.98 Å². The van der Waals surface area contributed by atoms with Gasteiger partial charge in [0.1, 0.15) is 23.3 Å². The van der Waals surface area contributed by atoms with Gasteiger partial charge in [-0.15, -0.1) is 13.2 Å². The van der Waals surface area contributed by atoms with Gasteiger partial charge in [-0.25, -0.2) is 9.97 Å². The van der Waals surface area contributed by atoms with E-state index in [9.17, 15) is 23.2 Å². The molecule has 3 heterocycles. The first-order valence-corrected chi connectivity index (χ1v) is 15.2. The van der Waals surface area contributed by atoms with Gasteiger partial charge >= 0.3 is 6.36 Å². The number of amides is 1. The smallest absolute Gasteiger partial charge is 0.367 e. The van der Waals surface area contributed by atoms with Crippen molar-refractivity contribution in [3.05, 3.63) is 89.9 Å². The zero-order valence-corrected chi connectivity index (χ0v) is 25.4. The average molecular weight is 633 g/mol. The Balaban J connectivity index is 1.24. The number of benzene rings is 1. The fraction of sp³-hybridized carbons (Fsp3) is 0.394. The monoisotopic (exact) mass is 632 g/mol. The molecule has 0 saturated heterocycles. The molecule has 3 aromatic heterocycles. The van der Waals surface area contributed by atoms with E-state index in [1.807, 2.05) is 61.8 Å². The molecule has 1 fully saturated rings. The van der Waals surface area contributed by atoms with Gasteiger partial charge in [0.25, 0.3) is 0 Å². The Kier molecular flexibility index (Phi) is 10.6. The van der Waals surface area contributed by atoms with Crippen LogP contribution in [0.2, 0.25) is 0 Å². The van der Waals surface area contributed by atoms with Crippen LogP contribution in [0.5, 0.6) is 0 Å². The van der Waals surface area contributed by atoms with Crippen LogP contribution in [0, 0.1) is 23.2 Å². The lowest BCUT2D eigenvalue weighted by Crippen LogP contribution is -2.35. The van der Waals surface area contributed by atoms with E-state index in [0.717, 1.165) is 48.1 Å². The number of hydrogen-bond donors (Lipinski definition) is 2. The van der Waals surface area contributed by atoms with Crippen molar-refractivity contribution >= 4 is 11.7 Å². The number of hydrogen-bond acceptors (Lipinski definition) is 8. The molecule has 1 aliphatic rings. The summed E-state index contributed by atoms with van der Waals surface area (Å²) in [5.41, 5.74) is 3.76. The maximum Gasteiger partial charge on any atom is 0.522 e. The molecule has 10 nitrogen and oxygen atoms in total. The van der Waals surface area contributed by atoms with Crippen LogP contribution < -0.4 is 10.6 Å². The van der Waals surface area contributed by atoms with Crippen LogP contribution in [0.25, 0.3) is 11.1 Å². The molecule has 46 heavy (non-hydrogen) atoms. The lowest BCUT2D eigenvalue weighted by Gasteiger charge is -2.33. The van der Waals surface area contributed by atoms with Crippen LogP contribution in [-0.4, -0.2) is 50.2 Å². The highest BCUT2D eigenvalue weighted by atomic mass is 19.4. The van der Waals surface area contributed by atoms with Gasteiger partial charge in [-0.3, -0.25) is 19.2 Å². The molecule has 1 unspecified atom stereocenters. The van der Waals surface area contributed by atoms with Gasteiger partial charge in [0.15, 0.2) is 0 Å². The highest BCUT2D eigenvalue weighted by molar-refractivity contribution is 5.83. The first-order chi connectivity index (χ1) is 22.2. The molecule has 1 atom stereocenters. The number of aryl methyl sites for hydroxylation is 1. The van der Waals surface area contributed by atoms with Crippen molar-refractivity contribution in [2.24, 2.45) is 18.9 Å². The van der Waals surface area contributed by atoms with E-state index in [1.165, 1.54) is 6.20 Å². The zero-order chi connectivity index (χ0) is 32.5. The van der Waals surface area contributed by atoms with E-state index in [-0.39, 0.29) is 35.7 Å². The predicted octanol–water partition coefficient (Wildman–Crippen LogP) is 5.54. The van der Waals surface area contributed by atoms with Crippen molar-refractivity contribution in [3.63, 3.8) is 0 Å². The van der Waals surface area contributed by atoms with Gasteiger partial charge in [-0.05, 0) is 49.1 Å². The van der Waals surface area contributed by atoms with Gasteiger partial charge in [0, 0.05) is 50.1 Å². The molecule has 0 aliphatic heterocycles. The number of rotatable bonds is 12. The predicted molar refractivity (Wildman–Crippen MR) is 164 cm³/mol. The summed E-state index contributed by atoms with van der Waals surface area (Å²) < 4.78 is 42.4. The highest BCUT2D eigenvalue weighted by Crippen LogP contribution is 2.39. The Morgan fingerprint density at radius 3 is 2.50 bits per heavy atom. The lowest BCUT2D eigenvalue weighted by molar-refractivity contribution is -0.322. The summed E-state index contributed by atoms with van der Waals surface area (Å²) >= 11 is 0. The third-order valence-electron chi connectivity index (χ3n) is 8.19. The SMILES string of the molecule is Cn1cc(-c2ccc(C(C(=O)NCc3ccccc3)C3CCC(Cc4ncc(C#N)c(NCCOC(F)(F)F)n4)CC3)nc2)cn1. The van der Waals surface area contributed by atoms with Crippen molar-refractivity contribution in [1.29, 1.82) is 5.26 Å². The minimum absolute atomic E-state index is 0.0606. The van der Waals surface area contributed by atoms with E-state index in [2.05, 4.69) is 30.4 Å². The minimum atomic E-state index is -4.73. The number of nitrogens with zero attached hydrogens (tertiary/aromatic N) is 6. The van der Waals surface area contributed by atoms with Gasteiger partial charge in [-0.2, -0.15) is 10.4 Å². The Bertz CT molecular complexity index is 1630. The summed E-state index contributed by atoms with van der Waals surface area (Å²) in [6.07, 6.45) is 5.98. The normalized spacial score (nSPS) is 17.2. The third kappa shape index (κ3) is 8.88. The summed E-state index contributed by atoms with van der Waals surface area (Å²) in [5.74, 6) is 0.536. The van der Waals surface area contributed by atoms with Gasteiger partial charge in [0.2, 0.25) is 5.91 Å². The molecule has 0 spiro atoms. The van der Waals surface area contributed by atoms with E-state index in [0.29, 0.717) is 18.8 Å². The van der Waals surface area contributed by atoms with Gasteiger partial charge in [0.05, 0.1) is 30.6 Å². The van der Waals surface area contributed by atoms with Crippen LogP contribution in [-0.2, 0) is 29.5 Å². The number of alkyl halides is 3. The molecule has 13 heteroatoms. The number of aromatic nitrogens is 5. The maximum absolute atomic E-state index is 13.7. The molecule has 0 bridgehead atoms. The molecule has 1 saturated carbocycles. The van der Waals surface area contributed by atoms with Crippen LogP contribution in [0.3, 0.4) is 0 Å².